The average Bonchev–Trinajstić information content (AvgIpc) is 1.12. The Kier molecular flexibility index (Phi) is 5.20. The minimum Gasteiger partial charge on any atom is -0.333 e. The van der Waals surface area contributed by atoms with Crippen LogP contribution in [0.5, 0.6) is 0 Å². The highest BCUT2D eigenvalue weighted by Crippen LogP contribution is 2.17. The number of halogens is 3. The van der Waals surface area contributed by atoms with E-state index in [0.717, 1.165) is 4.48 Å². The van der Waals surface area contributed by atoms with Crippen LogP contribution in [0.2, 0.25) is 0 Å². The number of hydrogen-bond acceptors (Lipinski definition) is 1. The van der Waals surface area contributed by atoms with Crippen molar-refractivity contribution in [1.29, 1.82) is 0 Å². The van der Waals surface area contributed by atoms with Crippen molar-refractivity contribution in [3.8, 4) is 0 Å². The molecular formula is C5H13F3NS+. The molecule has 0 fully saturated rings. The molecule has 64 valence electrons. The maximum absolute atomic E-state index is 10.2. The fourth-order valence-electron chi connectivity index (χ4n) is 0. The molecule has 0 aromatic heterocycles. The third-order valence-electron chi connectivity index (χ3n) is 0. The normalized spacial score (nSPS) is 12.0. The van der Waals surface area contributed by atoms with Gasteiger partial charge in [-0.2, -0.15) is 13.2 Å². The van der Waals surface area contributed by atoms with E-state index in [0.29, 0.717) is 0 Å². The fraction of sp³-hybridized carbons (Fsp3) is 1.00. The van der Waals surface area contributed by atoms with Gasteiger partial charge in [-0.05, 0) is 0 Å². The van der Waals surface area contributed by atoms with Crippen molar-refractivity contribution in [3.63, 3.8) is 0 Å². The zero-order valence-electron chi connectivity index (χ0n) is 6.53. The third kappa shape index (κ3) is 40800. The predicted octanol–water partition coefficient (Wildman–Crippen LogP) is 1.76. The van der Waals surface area contributed by atoms with E-state index in [1.807, 2.05) is 0 Å². The van der Waals surface area contributed by atoms with Gasteiger partial charge in [0.25, 0.3) is 0 Å². The predicted molar refractivity (Wildman–Crippen MR) is 39.0 cm³/mol. The molecule has 1 nitrogen and oxygen atoms in total. The first-order valence-corrected chi connectivity index (χ1v) is 3.03. The van der Waals surface area contributed by atoms with Crippen LogP contribution < -0.4 is 0 Å². The van der Waals surface area contributed by atoms with Gasteiger partial charge in [-0.3, -0.25) is 0 Å². The van der Waals surface area contributed by atoms with E-state index in [-0.39, 0.29) is 0 Å². The van der Waals surface area contributed by atoms with Crippen LogP contribution in [0.25, 0.3) is 0 Å². The summed E-state index contributed by atoms with van der Waals surface area (Å²) in [7, 11) is 8.50. The van der Waals surface area contributed by atoms with E-state index in [1.165, 1.54) is 0 Å². The highest BCUT2D eigenvalue weighted by atomic mass is 32.1. The summed E-state index contributed by atoms with van der Waals surface area (Å²) < 4.78 is 31.7. The summed E-state index contributed by atoms with van der Waals surface area (Å²) in [6.07, 6.45) is 0. The van der Waals surface area contributed by atoms with E-state index in [9.17, 15) is 13.2 Å². The highest BCUT2D eigenvalue weighted by molar-refractivity contribution is 7.81. The number of thiol groups is 1. The molecule has 10 heavy (non-hydrogen) atoms. The maximum Gasteiger partial charge on any atom is 0.438 e. The van der Waals surface area contributed by atoms with Crippen LogP contribution in [0.4, 0.5) is 13.2 Å². The molecule has 0 radical (unpaired) electrons. The van der Waals surface area contributed by atoms with E-state index >= 15 is 0 Å². The third-order valence-corrected chi connectivity index (χ3v) is 0. The van der Waals surface area contributed by atoms with Crippen LogP contribution in [0, 0.1) is 0 Å². The van der Waals surface area contributed by atoms with Crippen molar-refractivity contribution in [2.75, 3.05) is 28.2 Å². The number of nitrogens with zero attached hydrogens (tertiary/aromatic N) is 1. The zero-order chi connectivity index (χ0) is 9.00. The SMILES string of the molecule is C[N+](C)(C)C.FC(F)(F)S. The molecule has 0 saturated heterocycles. The van der Waals surface area contributed by atoms with Gasteiger partial charge in [0.1, 0.15) is 0 Å². The van der Waals surface area contributed by atoms with Crippen molar-refractivity contribution in [1.82, 2.24) is 0 Å². The van der Waals surface area contributed by atoms with Crippen LogP contribution >= 0.6 is 12.6 Å². The molecule has 0 amide bonds. The fourth-order valence-corrected chi connectivity index (χ4v) is 0. The molecule has 0 N–H and O–H groups in total. The van der Waals surface area contributed by atoms with Crippen LogP contribution in [0.1, 0.15) is 0 Å². The molecule has 0 saturated carbocycles. The molecule has 0 spiro atoms. The quantitative estimate of drug-likeness (QED) is 0.422. The Bertz CT molecular complexity index is 59.9. The second-order valence-corrected chi connectivity index (χ2v) is 3.66. The van der Waals surface area contributed by atoms with E-state index in [2.05, 4.69) is 40.8 Å². The Morgan fingerprint density at radius 1 is 1.00 bits per heavy atom. The van der Waals surface area contributed by atoms with Crippen LogP contribution in [0.15, 0.2) is 0 Å². The van der Waals surface area contributed by atoms with Crippen molar-refractivity contribution < 1.29 is 17.7 Å². The lowest BCUT2D eigenvalue weighted by molar-refractivity contribution is -0.849. The van der Waals surface area contributed by atoms with Gasteiger partial charge in [-0.25, -0.2) is 0 Å². The Balaban J connectivity index is 0. The monoisotopic (exact) mass is 176 g/mol. The summed E-state index contributed by atoms with van der Waals surface area (Å²) in [6, 6.07) is 0. The molecule has 5 heteroatoms. The van der Waals surface area contributed by atoms with Crippen molar-refractivity contribution in [2.24, 2.45) is 0 Å². The van der Waals surface area contributed by atoms with Gasteiger partial charge in [0, 0.05) is 0 Å². The molecule has 0 aromatic rings. The Morgan fingerprint density at radius 2 is 1.00 bits per heavy atom. The molecule has 0 bridgehead atoms. The summed E-state index contributed by atoms with van der Waals surface area (Å²) in [6.45, 7) is 0. The van der Waals surface area contributed by atoms with E-state index < -0.39 is 5.51 Å². The molecule has 0 heterocycles. The van der Waals surface area contributed by atoms with Gasteiger partial charge in [0.2, 0.25) is 0 Å². The topological polar surface area (TPSA) is 0 Å². The summed E-state index contributed by atoms with van der Waals surface area (Å²) in [5, 5.41) is 0. The van der Waals surface area contributed by atoms with Gasteiger partial charge in [0.05, 0.1) is 28.2 Å². The molecule has 0 rings (SSSR count). The summed E-state index contributed by atoms with van der Waals surface area (Å²) in [5.41, 5.74) is -4.31. The first-order valence-electron chi connectivity index (χ1n) is 2.58. The molecule has 0 aliphatic carbocycles. The molecule has 0 aliphatic rings. The van der Waals surface area contributed by atoms with Crippen molar-refractivity contribution in [3.05, 3.63) is 0 Å². The van der Waals surface area contributed by atoms with Gasteiger partial charge < -0.3 is 4.48 Å². The highest BCUT2D eigenvalue weighted by Gasteiger charge is 2.17. The van der Waals surface area contributed by atoms with E-state index in [4.69, 9.17) is 0 Å². The van der Waals surface area contributed by atoms with E-state index in [1.54, 1.807) is 0 Å². The number of alkyl halides is 3. The standard InChI is InChI=1S/C4H12N.CHF3S/c1-5(2,3)4;2-1(3,4)5/h1-4H3;5H/q+1;. The lowest BCUT2D eigenvalue weighted by Gasteiger charge is -2.14. The van der Waals surface area contributed by atoms with Gasteiger partial charge >= 0.3 is 5.51 Å². The largest absolute Gasteiger partial charge is 0.438 e. The van der Waals surface area contributed by atoms with Gasteiger partial charge in [-0.1, -0.05) is 12.6 Å². The summed E-state index contributed by atoms with van der Waals surface area (Å²) in [4.78, 5) is 0. The van der Waals surface area contributed by atoms with Gasteiger partial charge in [0.15, 0.2) is 0 Å². The second kappa shape index (κ2) is 4.08. The number of quaternary nitrogens is 1. The Hall–Kier alpha value is 0.100. The minimum absolute atomic E-state index is 1.00. The molecule has 0 atom stereocenters. The lowest BCUT2D eigenvalue weighted by Crippen LogP contribution is -2.27. The summed E-state index contributed by atoms with van der Waals surface area (Å²) >= 11 is 2.12. The first kappa shape index (κ1) is 12.7. The van der Waals surface area contributed by atoms with Crippen molar-refractivity contribution >= 4 is 12.6 Å². The molecule has 0 aromatic carbocycles. The van der Waals surface area contributed by atoms with Crippen LogP contribution in [-0.2, 0) is 0 Å². The molecule has 0 aliphatic heterocycles. The van der Waals surface area contributed by atoms with Gasteiger partial charge in [-0.15, -0.1) is 0 Å². The van der Waals surface area contributed by atoms with Crippen LogP contribution in [0.3, 0.4) is 0 Å². The smallest absolute Gasteiger partial charge is 0.333 e. The number of rotatable bonds is 0. The minimum atomic E-state index is -4.31. The summed E-state index contributed by atoms with van der Waals surface area (Å²) in [5.74, 6) is 0. The second-order valence-electron chi connectivity index (χ2n) is 3.15. The first-order chi connectivity index (χ1) is 4.00. The van der Waals surface area contributed by atoms with Crippen molar-refractivity contribution in [2.45, 2.75) is 5.51 Å². The Morgan fingerprint density at radius 3 is 1.00 bits per heavy atom. The Labute approximate surface area is 64.8 Å². The zero-order valence-corrected chi connectivity index (χ0v) is 7.42. The lowest BCUT2D eigenvalue weighted by atomic mass is 10.8. The number of hydrogen-bond donors (Lipinski definition) is 1. The maximum atomic E-state index is 10.2. The molecule has 0 unspecified atom stereocenters. The molecular weight excluding hydrogens is 163 g/mol. The van der Waals surface area contributed by atoms with Crippen LogP contribution in [-0.4, -0.2) is 38.2 Å². The average molecular weight is 176 g/mol.